The average molecular weight is 369 g/mol. The minimum atomic E-state index is -0.242. The van der Waals surface area contributed by atoms with Crippen LogP contribution < -0.4 is 15.2 Å². The fourth-order valence-corrected chi connectivity index (χ4v) is 2.88. The number of ether oxygens (including phenoxy) is 1. The van der Waals surface area contributed by atoms with Gasteiger partial charge in [0.2, 0.25) is 5.91 Å². The van der Waals surface area contributed by atoms with Crippen LogP contribution in [0.4, 0.5) is 5.69 Å². The number of fused-ring (bicyclic) bond motifs is 1. The van der Waals surface area contributed by atoms with Crippen molar-refractivity contribution in [1.82, 2.24) is 19.6 Å². The molecular formula is C19H23N5O3. The number of carbonyl (C=O) groups excluding carboxylic acids is 1. The molecule has 2 aromatic heterocycles. The molecule has 0 spiro atoms. The predicted molar refractivity (Wildman–Crippen MR) is 102 cm³/mol. The molecule has 0 radical (unpaired) electrons. The molecule has 0 aliphatic heterocycles. The van der Waals surface area contributed by atoms with E-state index in [0.29, 0.717) is 29.4 Å². The summed E-state index contributed by atoms with van der Waals surface area (Å²) in [5.74, 6) is 1.50. The highest BCUT2D eigenvalue weighted by molar-refractivity contribution is 5.94. The fraction of sp³-hybridized carbons (Fsp3) is 0.368. The van der Waals surface area contributed by atoms with Crippen LogP contribution in [0.25, 0.3) is 5.78 Å². The van der Waals surface area contributed by atoms with Gasteiger partial charge in [0.05, 0.1) is 19.3 Å². The van der Waals surface area contributed by atoms with Crippen molar-refractivity contribution in [2.24, 2.45) is 5.92 Å². The first-order chi connectivity index (χ1) is 12.9. The number of carbonyl (C=O) groups is 1. The van der Waals surface area contributed by atoms with Gasteiger partial charge >= 0.3 is 0 Å². The van der Waals surface area contributed by atoms with Gasteiger partial charge in [-0.3, -0.25) is 14.7 Å². The molecule has 2 heterocycles. The Balaban J connectivity index is 2.02. The Labute approximate surface area is 156 Å². The molecule has 0 aliphatic carbocycles. The summed E-state index contributed by atoms with van der Waals surface area (Å²) in [6.07, 6.45) is 0.385. The zero-order valence-corrected chi connectivity index (χ0v) is 15.9. The molecule has 1 aromatic carbocycles. The van der Waals surface area contributed by atoms with E-state index in [2.05, 4.69) is 15.1 Å². The zero-order valence-electron chi connectivity index (χ0n) is 15.9. The maximum Gasteiger partial charge on any atom is 0.274 e. The van der Waals surface area contributed by atoms with E-state index in [1.807, 2.05) is 32.0 Å². The first-order valence-electron chi connectivity index (χ1n) is 8.77. The van der Waals surface area contributed by atoms with E-state index in [4.69, 9.17) is 4.74 Å². The minimum absolute atomic E-state index is 0.0496. The summed E-state index contributed by atoms with van der Waals surface area (Å²) in [4.78, 5) is 35.3. The number of aryl methyl sites for hydroxylation is 1. The van der Waals surface area contributed by atoms with E-state index in [1.54, 1.807) is 25.0 Å². The number of nitrogens with one attached hydrogen (secondary N) is 1. The van der Waals surface area contributed by atoms with E-state index in [0.717, 1.165) is 0 Å². The van der Waals surface area contributed by atoms with E-state index in [9.17, 15) is 9.59 Å². The third-order valence-corrected chi connectivity index (χ3v) is 4.07. The van der Waals surface area contributed by atoms with Crippen molar-refractivity contribution in [3.05, 3.63) is 52.2 Å². The van der Waals surface area contributed by atoms with Crippen molar-refractivity contribution < 1.29 is 9.53 Å². The molecule has 1 amide bonds. The molecule has 3 rings (SSSR count). The van der Waals surface area contributed by atoms with Crippen LogP contribution in [0, 0.1) is 12.8 Å². The summed E-state index contributed by atoms with van der Waals surface area (Å²) < 4.78 is 6.69. The van der Waals surface area contributed by atoms with Gasteiger partial charge in [-0.2, -0.15) is 9.50 Å². The number of methoxy groups -OCH3 is 1. The normalized spacial score (nSPS) is 11.1. The van der Waals surface area contributed by atoms with E-state index in [-0.39, 0.29) is 29.7 Å². The molecular weight excluding hydrogens is 346 g/mol. The highest BCUT2D eigenvalue weighted by Crippen LogP contribution is 2.29. The Kier molecular flexibility index (Phi) is 5.25. The lowest BCUT2D eigenvalue weighted by molar-refractivity contribution is -0.119. The SMILES string of the molecule is COc1ccccc1N(Cc1nc2nc(C)cc(=O)n2[nH]1)C(=O)CC(C)C. The van der Waals surface area contributed by atoms with Gasteiger partial charge in [0.25, 0.3) is 11.3 Å². The summed E-state index contributed by atoms with van der Waals surface area (Å²) in [7, 11) is 1.57. The first-order valence-corrected chi connectivity index (χ1v) is 8.77. The largest absolute Gasteiger partial charge is 0.495 e. The number of hydrogen-bond donors (Lipinski definition) is 1. The van der Waals surface area contributed by atoms with Crippen molar-refractivity contribution in [3.8, 4) is 5.75 Å². The molecule has 0 bridgehead atoms. The molecule has 0 aliphatic rings. The van der Waals surface area contributed by atoms with Crippen molar-refractivity contribution in [2.45, 2.75) is 33.7 Å². The number of amides is 1. The molecule has 0 fully saturated rings. The third kappa shape index (κ3) is 3.99. The Morgan fingerprint density at radius 3 is 2.74 bits per heavy atom. The van der Waals surface area contributed by atoms with Gasteiger partial charge in [0.15, 0.2) is 0 Å². The Morgan fingerprint density at radius 1 is 1.30 bits per heavy atom. The van der Waals surface area contributed by atoms with Crippen LogP contribution in [0.1, 0.15) is 31.8 Å². The number of para-hydroxylation sites is 2. The first kappa shape index (κ1) is 18.6. The molecule has 8 heteroatoms. The highest BCUT2D eigenvalue weighted by Gasteiger charge is 2.22. The standard InChI is InChI=1S/C19H23N5O3/c1-12(2)9-17(25)23(14-7-5-6-8-15(14)27-4)11-16-21-19-20-13(3)10-18(26)24(19)22-16/h5-8,10,12H,9,11H2,1-4H3,(H,20,21,22). The number of benzene rings is 1. The summed E-state index contributed by atoms with van der Waals surface area (Å²) in [6.45, 7) is 5.90. The second-order valence-corrected chi connectivity index (χ2v) is 6.79. The van der Waals surface area contributed by atoms with E-state index in [1.165, 1.54) is 10.6 Å². The summed E-state index contributed by atoms with van der Waals surface area (Å²) in [5, 5.41) is 2.93. The number of aromatic nitrogens is 4. The van der Waals surface area contributed by atoms with E-state index >= 15 is 0 Å². The lowest BCUT2D eigenvalue weighted by Crippen LogP contribution is -2.32. The van der Waals surface area contributed by atoms with Gasteiger partial charge in [-0.15, -0.1) is 0 Å². The summed E-state index contributed by atoms with van der Waals surface area (Å²) in [5.41, 5.74) is 1.01. The van der Waals surface area contributed by atoms with E-state index < -0.39 is 0 Å². The molecule has 0 unspecified atom stereocenters. The van der Waals surface area contributed by atoms with Crippen LogP contribution in [-0.4, -0.2) is 32.6 Å². The van der Waals surface area contributed by atoms with Crippen LogP contribution in [0.3, 0.4) is 0 Å². The Morgan fingerprint density at radius 2 is 2.04 bits per heavy atom. The fourth-order valence-electron chi connectivity index (χ4n) is 2.88. The molecule has 0 saturated carbocycles. The summed E-state index contributed by atoms with van der Waals surface area (Å²) >= 11 is 0. The second-order valence-electron chi connectivity index (χ2n) is 6.79. The maximum absolute atomic E-state index is 12.9. The maximum atomic E-state index is 12.9. The van der Waals surface area contributed by atoms with Crippen LogP contribution >= 0.6 is 0 Å². The van der Waals surface area contributed by atoms with Crippen molar-refractivity contribution >= 4 is 17.4 Å². The van der Waals surface area contributed by atoms with Crippen molar-refractivity contribution in [3.63, 3.8) is 0 Å². The number of H-pyrrole nitrogens is 1. The van der Waals surface area contributed by atoms with Gasteiger partial charge < -0.3 is 9.64 Å². The number of nitrogens with zero attached hydrogens (tertiary/aromatic N) is 4. The number of hydrogen-bond acceptors (Lipinski definition) is 5. The molecule has 8 nitrogen and oxygen atoms in total. The predicted octanol–water partition coefficient (Wildman–Crippen LogP) is 2.31. The number of aromatic amines is 1. The van der Waals surface area contributed by atoms with Gasteiger partial charge in [0.1, 0.15) is 11.6 Å². The Hall–Kier alpha value is -3.16. The molecule has 1 N–H and O–H groups in total. The molecule has 0 saturated heterocycles. The molecule has 27 heavy (non-hydrogen) atoms. The van der Waals surface area contributed by atoms with Crippen LogP contribution in [0.5, 0.6) is 5.75 Å². The molecule has 0 atom stereocenters. The topological polar surface area (TPSA) is 92.6 Å². The van der Waals surface area contributed by atoms with Gasteiger partial charge in [-0.1, -0.05) is 26.0 Å². The van der Waals surface area contributed by atoms with Gasteiger partial charge in [0, 0.05) is 18.2 Å². The molecule has 142 valence electrons. The van der Waals surface area contributed by atoms with Crippen LogP contribution in [0.2, 0.25) is 0 Å². The second kappa shape index (κ2) is 7.61. The monoisotopic (exact) mass is 369 g/mol. The lowest BCUT2D eigenvalue weighted by Gasteiger charge is -2.24. The third-order valence-electron chi connectivity index (χ3n) is 4.07. The molecule has 3 aromatic rings. The Bertz CT molecular complexity index is 1020. The summed E-state index contributed by atoms with van der Waals surface area (Å²) in [6, 6.07) is 8.76. The smallest absolute Gasteiger partial charge is 0.274 e. The van der Waals surface area contributed by atoms with Crippen molar-refractivity contribution in [1.29, 1.82) is 0 Å². The van der Waals surface area contributed by atoms with Crippen LogP contribution in [0.15, 0.2) is 35.1 Å². The van der Waals surface area contributed by atoms with Crippen molar-refractivity contribution in [2.75, 3.05) is 12.0 Å². The number of anilines is 1. The average Bonchev–Trinajstić information content (AvgIpc) is 3.02. The number of rotatable bonds is 6. The van der Waals surface area contributed by atoms with Gasteiger partial charge in [-0.05, 0) is 25.0 Å². The van der Waals surface area contributed by atoms with Crippen LogP contribution in [-0.2, 0) is 11.3 Å². The highest BCUT2D eigenvalue weighted by atomic mass is 16.5. The zero-order chi connectivity index (χ0) is 19.6. The van der Waals surface area contributed by atoms with Gasteiger partial charge in [-0.25, -0.2) is 4.98 Å². The quantitative estimate of drug-likeness (QED) is 0.720. The lowest BCUT2D eigenvalue weighted by atomic mass is 10.1. The minimum Gasteiger partial charge on any atom is -0.495 e.